The number of amides is 2. The van der Waals surface area contributed by atoms with E-state index in [0.29, 0.717) is 6.42 Å². The molecule has 0 aliphatic rings. The molecule has 128 valence electrons. The van der Waals surface area contributed by atoms with Gasteiger partial charge in [0.25, 0.3) is 5.91 Å². The first-order valence-corrected chi connectivity index (χ1v) is 8.30. The van der Waals surface area contributed by atoms with Crippen molar-refractivity contribution in [1.82, 2.24) is 5.32 Å². The largest absolute Gasteiger partial charge is 0.465 e. The van der Waals surface area contributed by atoms with Gasteiger partial charge >= 0.3 is 0 Å². The van der Waals surface area contributed by atoms with E-state index in [-0.39, 0.29) is 17.2 Å². The maximum atomic E-state index is 11.9. The lowest BCUT2D eigenvalue weighted by Crippen LogP contribution is -2.48. The van der Waals surface area contributed by atoms with Crippen molar-refractivity contribution in [3.63, 3.8) is 0 Å². The van der Waals surface area contributed by atoms with E-state index >= 15 is 0 Å². The second kappa shape index (κ2) is 9.21. The Balaban J connectivity index is 2.84. The number of nitrogens with two attached hydrogens (primary N) is 1. The van der Waals surface area contributed by atoms with E-state index in [0.717, 1.165) is 19.3 Å². The summed E-state index contributed by atoms with van der Waals surface area (Å²) >= 11 is 17.6. The molecule has 0 aromatic heterocycles. The first-order chi connectivity index (χ1) is 10.8. The van der Waals surface area contributed by atoms with Gasteiger partial charge in [-0.1, -0.05) is 66.7 Å². The van der Waals surface area contributed by atoms with Gasteiger partial charge in [-0.05, 0) is 18.6 Å². The van der Waals surface area contributed by atoms with Gasteiger partial charge in [-0.2, -0.15) is 0 Å². The fraction of sp³-hybridized carbons (Fsp3) is 0.467. The Morgan fingerprint density at radius 1 is 1.26 bits per heavy atom. The zero-order valence-corrected chi connectivity index (χ0v) is 14.9. The summed E-state index contributed by atoms with van der Waals surface area (Å²) < 4.78 is 3.61. The summed E-state index contributed by atoms with van der Waals surface area (Å²) in [5.41, 5.74) is 5.41. The first-order valence-electron chi connectivity index (χ1n) is 7.17. The molecule has 1 aromatic rings. The van der Waals surface area contributed by atoms with Gasteiger partial charge in [0.05, 0.1) is 5.56 Å². The normalized spacial score (nSPS) is 12.5. The molecule has 1 aromatic carbocycles. The summed E-state index contributed by atoms with van der Waals surface area (Å²) in [4.78, 5) is 23.3. The highest BCUT2D eigenvalue weighted by Crippen LogP contribution is 2.33. The Kier molecular flexibility index (Phi) is 7.95. The number of carbonyl (C=O) groups excluding carboxylic acids is 2. The van der Waals surface area contributed by atoms with Crippen molar-refractivity contribution >= 4 is 46.6 Å². The molecule has 0 bridgehead atoms. The van der Waals surface area contributed by atoms with Gasteiger partial charge in [0, 0.05) is 6.42 Å². The van der Waals surface area contributed by atoms with E-state index < -0.39 is 15.9 Å². The molecule has 0 unspecified atom stereocenters. The number of para-hydroxylation sites is 1. The smallest absolute Gasteiger partial charge is 0.252 e. The highest BCUT2D eigenvalue weighted by Gasteiger charge is 2.36. The molecule has 0 saturated heterocycles. The molecular formula is C15H19Cl3N2O3. The number of nitrogens with one attached hydrogen (secondary N) is 1. The molecule has 0 heterocycles. The van der Waals surface area contributed by atoms with E-state index in [9.17, 15) is 9.59 Å². The zero-order valence-electron chi connectivity index (χ0n) is 12.7. The molecule has 8 heteroatoms. The highest BCUT2D eigenvalue weighted by molar-refractivity contribution is 6.68. The molecule has 23 heavy (non-hydrogen) atoms. The summed E-state index contributed by atoms with van der Waals surface area (Å²) in [7, 11) is 0. The van der Waals surface area contributed by atoms with Gasteiger partial charge in [-0.25, -0.2) is 0 Å². The molecule has 0 saturated carbocycles. The van der Waals surface area contributed by atoms with Crippen LogP contribution in [0.2, 0.25) is 0 Å². The van der Waals surface area contributed by atoms with E-state index in [1.807, 2.05) is 6.92 Å². The van der Waals surface area contributed by atoms with Crippen LogP contribution in [0.3, 0.4) is 0 Å². The lowest BCUT2D eigenvalue weighted by Gasteiger charge is -2.27. The standard InChI is InChI=1S/C15H19Cl3N2O3/c1-2-3-4-9-12(21)20-14(15(16,17)18)23-11-8-6-5-7-10(11)13(19)22/h5-8,14H,2-4,9H2,1H3,(H2,19,22)(H,20,21)/t14-/m0/s1. The van der Waals surface area contributed by atoms with Crippen LogP contribution in [0.15, 0.2) is 24.3 Å². The van der Waals surface area contributed by atoms with Crippen LogP contribution in [0, 0.1) is 0 Å². The first kappa shape index (κ1) is 19.9. The Morgan fingerprint density at radius 3 is 2.48 bits per heavy atom. The Bertz CT molecular complexity index is 547. The second-order valence-corrected chi connectivity index (χ2v) is 7.29. The fourth-order valence-corrected chi connectivity index (χ4v) is 2.13. The maximum Gasteiger partial charge on any atom is 0.252 e. The third-order valence-corrected chi connectivity index (χ3v) is 3.59. The van der Waals surface area contributed by atoms with Crippen molar-refractivity contribution < 1.29 is 14.3 Å². The molecule has 0 radical (unpaired) electrons. The van der Waals surface area contributed by atoms with Crippen LogP contribution in [0.1, 0.15) is 43.0 Å². The maximum absolute atomic E-state index is 11.9. The molecule has 0 aliphatic carbocycles. The van der Waals surface area contributed by atoms with Crippen molar-refractivity contribution in [3.05, 3.63) is 29.8 Å². The van der Waals surface area contributed by atoms with E-state index in [4.69, 9.17) is 45.3 Å². The number of carbonyl (C=O) groups is 2. The topological polar surface area (TPSA) is 81.4 Å². The number of hydrogen-bond acceptors (Lipinski definition) is 3. The van der Waals surface area contributed by atoms with Crippen LogP contribution in [0.4, 0.5) is 0 Å². The quantitative estimate of drug-likeness (QED) is 0.410. The fourth-order valence-electron chi connectivity index (χ4n) is 1.83. The van der Waals surface area contributed by atoms with Gasteiger partial charge in [0.15, 0.2) is 0 Å². The van der Waals surface area contributed by atoms with Crippen molar-refractivity contribution in [2.45, 2.75) is 42.6 Å². The van der Waals surface area contributed by atoms with Gasteiger partial charge in [-0.15, -0.1) is 0 Å². The lowest BCUT2D eigenvalue weighted by atomic mass is 10.2. The van der Waals surface area contributed by atoms with Crippen LogP contribution in [0.5, 0.6) is 5.75 Å². The Morgan fingerprint density at radius 2 is 1.91 bits per heavy atom. The third kappa shape index (κ3) is 6.85. The van der Waals surface area contributed by atoms with Gasteiger partial charge < -0.3 is 15.8 Å². The summed E-state index contributed by atoms with van der Waals surface area (Å²) in [6.45, 7) is 2.03. The van der Waals surface area contributed by atoms with Crippen LogP contribution < -0.4 is 15.8 Å². The molecule has 0 spiro atoms. The summed E-state index contributed by atoms with van der Waals surface area (Å²) in [6, 6.07) is 6.25. The van der Waals surface area contributed by atoms with Gasteiger partial charge in [0.2, 0.25) is 15.9 Å². The predicted molar refractivity (Wildman–Crippen MR) is 92.0 cm³/mol. The molecule has 5 nitrogen and oxygen atoms in total. The molecule has 0 fully saturated rings. The molecule has 0 aliphatic heterocycles. The number of unbranched alkanes of at least 4 members (excludes halogenated alkanes) is 2. The van der Waals surface area contributed by atoms with E-state index in [1.165, 1.54) is 12.1 Å². The van der Waals surface area contributed by atoms with Crippen molar-refractivity contribution in [2.24, 2.45) is 5.73 Å². The Hall–Kier alpha value is -1.17. The van der Waals surface area contributed by atoms with E-state index in [1.54, 1.807) is 12.1 Å². The van der Waals surface area contributed by atoms with Crippen molar-refractivity contribution in [1.29, 1.82) is 0 Å². The zero-order chi connectivity index (χ0) is 17.5. The molecule has 2 amide bonds. The lowest BCUT2D eigenvalue weighted by molar-refractivity contribution is -0.123. The average Bonchev–Trinajstić information content (AvgIpc) is 2.46. The summed E-state index contributed by atoms with van der Waals surface area (Å²) in [5, 5.41) is 2.52. The van der Waals surface area contributed by atoms with Crippen molar-refractivity contribution in [3.8, 4) is 5.75 Å². The van der Waals surface area contributed by atoms with E-state index in [2.05, 4.69) is 5.32 Å². The number of benzene rings is 1. The minimum Gasteiger partial charge on any atom is -0.465 e. The number of rotatable bonds is 8. The highest BCUT2D eigenvalue weighted by atomic mass is 35.6. The molecule has 1 rings (SSSR count). The molecule has 1 atom stereocenters. The number of hydrogen-bond donors (Lipinski definition) is 2. The second-order valence-electron chi connectivity index (χ2n) is 4.92. The van der Waals surface area contributed by atoms with Crippen LogP contribution in [-0.4, -0.2) is 21.8 Å². The molecular weight excluding hydrogens is 363 g/mol. The van der Waals surface area contributed by atoms with Crippen LogP contribution in [0.25, 0.3) is 0 Å². The number of primary amides is 1. The third-order valence-electron chi connectivity index (χ3n) is 2.99. The Labute approximate surface area is 150 Å². The van der Waals surface area contributed by atoms with Crippen LogP contribution >= 0.6 is 34.8 Å². The average molecular weight is 382 g/mol. The summed E-state index contributed by atoms with van der Waals surface area (Å²) in [5.74, 6) is -0.852. The molecule has 3 N–H and O–H groups in total. The number of halogens is 3. The van der Waals surface area contributed by atoms with Gasteiger partial charge in [0.1, 0.15) is 5.75 Å². The monoisotopic (exact) mass is 380 g/mol. The number of alkyl halides is 3. The minimum absolute atomic E-state index is 0.130. The summed E-state index contributed by atoms with van der Waals surface area (Å²) in [6.07, 6.45) is 1.70. The van der Waals surface area contributed by atoms with Gasteiger partial charge in [-0.3, -0.25) is 9.59 Å². The van der Waals surface area contributed by atoms with Crippen LogP contribution in [-0.2, 0) is 4.79 Å². The van der Waals surface area contributed by atoms with Crippen molar-refractivity contribution in [2.75, 3.05) is 0 Å². The SMILES string of the molecule is CCCCCC(=O)N[C@@H](Oc1ccccc1C(N)=O)C(Cl)(Cl)Cl. The number of ether oxygens (including phenoxy) is 1. The predicted octanol–water partition coefficient (Wildman–Crippen LogP) is 3.56. The minimum atomic E-state index is -1.91.